The van der Waals surface area contributed by atoms with Gasteiger partial charge in [-0.1, -0.05) is 42.5 Å². The van der Waals surface area contributed by atoms with Crippen LogP contribution in [0.15, 0.2) is 59.6 Å². The molecule has 0 saturated heterocycles. The molecular weight excluding hydrogens is 356 g/mol. The van der Waals surface area contributed by atoms with Crippen molar-refractivity contribution >= 4 is 44.1 Å². The van der Waals surface area contributed by atoms with Crippen molar-refractivity contribution in [2.24, 2.45) is 4.99 Å². The minimum absolute atomic E-state index is 1.08. The normalized spacial score (nSPS) is 14.2. The van der Waals surface area contributed by atoms with Crippen molar-refractivity contribution in [3.8, 4) is 10.6 Å². The number of aliphatic imine (C=N–C) groups is 1. The highest BCUT2D eigenvalue weighted by molar-refractivity contribution is 7.22. The molecule has 0 atom stereocenters. The maximum atomic E-state index is 4.93. The van der Waals surface area contributed by atoms with Gasteiger partial charge in [-0.15, -0.1) is 22.7 Å². The highest BCUT2D eigenvalue weighted by atomic mass is 32.1. The van der Waals surface area contributed by atoms with Crippen molar-refractivity contribution in [3.63, 3.8) is 0 Å². The molecule has 0 N–H and O–H groups in total. The number of thiophene rings is 1. The fourth-order valence-corrected chi connectivity index (χ4v) is 5.85. The van der Waals surface area contributed by atoms with Crippen LogP contribution >= 0.6 is 22.7 Å². The first-order valence-corrected chi connectivity index (χ1v) is 10.6. The number of rotatable bonds is 3. The first kappa shape index (κ1) is 15.9. The first-order chi connectivity index (χ1) is 12.9. The average molecular weight is 375 g/mol. The van der Waals surface area contributed by atoms with Crippen LogP contribution in [-0.4, -0.2) is 11.2 Å². The molecule has 4 aromatic rings. The molecule has 0 saturated carbocycles. The second-order valence-corrected chi connectivity index (χ2v) is 8.66. The van der Waals surface area contributed by atoms with Crippen molar-refractivity contribution in [2.75, 3.05) is 0 Å². The molecule has 2 nitrogen and oxygen atoms in total. The van der Waals surface area contributed by atoms with Gasteiger partial charge in [0.25, 0.3) is 0 Å². The van der Waals surface area contributed by atoms with E-state index in [9.17, 15) is 0 Å². The molecule has 2 heterocycles. The number of nitrogens with zero attached hydrogens (tertiary/aromatic N) is 2. The monoisotopic (exact) mass is 374 g/mol. The summed E-state index contributed by atoms with van der Waals surface area (Å²) in [6, 6.07) is 18.7. The van der Waals surface area contributed by atoms with Gasteiger partial charge >= 0.3 is 0 Å². The predicted octanol–water partition coefficient (Wildman–Crippen LogP) is 6.65. The Kier molecular flexibility index (Phi) is 4.15. The molecule has 0 bridgehead atoms. The zero-order valence-electron chi connectivity index (χ0n) is 14.3. The molecule has 0 spiro atoms. The predicted molar refractivity (Wildman–Crippen MR) is 113 cm³/mol. The van der Waals surface area contributed by atoms with E-state index in [4.69, 9.17) is 9.98 Å². The second kappa shape index (κ2) is 6.78. The van der Waals surface area contributed by atoms with Crippen LogP contribution in [0.4, 0.5) is 5.00 Å². The van der Waals surface area contributed by atoms with Gasteiger partial charge in [0.05, 0.1) is 15.8 Å². The summed E-state index contributed by atoms with van der Waals surface area (Å²) in [4.78, 5) is 11.3. The van der Waals surface area contributed by atoms with E-state index in [1.807, 2.05) is 23.6 Å². The number of benzene rings is 2. The molecule has 2 aromatic heterocycles. The third-order valence-electron chi connectivity index (χ3n) is 4.79. The van der Waals surface area contributed by atoms with Crippen molar-refractivity contribution in [1.29, 1.82) is 0 Å². The van der Waals surface area contributed by atoms with Crippen molar-refractivity contribution in [3.05, 3.63) is 70.6 Å². The quantitative estimate of drug-likeness (QED) is 0.368. The molecule has 0 fully saturated rings. The van der Waals surface area contributed by atoms with Crippen LogP contribution in [-0.2, 0) is 12.8 Å². The molecule has 0 radical (unpaired) electrons. The molecule has 0 amide bonds. The van der Waals surface area contributed by atoms with Crippen LogP contribution in [0.25, 0.3) is 20.8 Å². The van der Waals surface area contributed by atoms with E-state index in [0.29, 0.717) is 0 Å². The van der Waals surface area contributed by atoms with Gasteiger partial charge in [-0.25, -0.2) is 9.98 Å². The molecular formula is C22H18N2S2. The van der Waals surface area contributed by atoms with Gasteiger partial charge < -0.3 is 0 Å². The Hall–Kier alpha value is -2.30. The van der Waals surface area contributed by atoms with Gasteiger partial charge in [0.15, 0.2) is 0 Å². The topological polar surface area (TPSA) is 25.2 Å². The summed E-state index contributed by atoms with van der Waals surface area (Å²) in [6.07, 6.45) is 6.86. The number of para-hydroxylation sites is 1. The smallest absolute Gasteiger partial charge is 0.127 e. The first-order valence-electron chi connectivity index (χ1n) is 8.98. The van der Waals surface area contributed by atoms with Gasteiger partial charge in [-0.3, -0.25) is 0 Å². The zero-order valence-corrected chi connectivity index (χ0v) is 15.9. The SMILES string of the molecule is C(=N\c1sc2c(c1-c1nc3ccccc3s1)CCCC2)/c1ccccc1. The Labute approximate surface area is 160 Å². The fourth-order valence-electron chi connectivity index (χ4n) is 3.51. The Morgan fingerprint density at radius 2 is 1.69 bits per heavy atom. The standard InChI is InChI=1S/C22H18N2S2/c1-2-8-15(9-3-1)14-23-21-20(16-10-4-6-12-18(16)25-21)22-24-17-11-5-7-13-19(17)26-22/h1-3,5,7-9,11,13-14H,4,6,10,12H2/b23-14+. The molecule has 1 aliphatic carbocycles. The zero-order chi connectivity index (χ0) is 17.3. The summed E-state index contributed by atoms with van der Waals surface area (Å²) in [5.41, 5.74) is 4.98. The minimum atomic E-state index is 1.08. The summed E-state index contributed by atoms with van der Waals surface area (Å²) in [5, 5.41) is 2.23. The highest BCUT2D eigenvalue weighted by Crippen LogP contribution is 2.47. The minimum Gasteiger partial charge on any atom is -0.245 e. The van der Waals surface area contributed by atoms with Crippen molar-refractivity contribution in [2.45, 2.75) is 25.7 Å². The lowest BCUT2D eigenvalue weighted by Crippen LogP contribution is -1.99. The summed E-state index contributed by atoms with van der Waals surface area (Å²) in [6.45, 7) is 0. The van der Waals surface area contributed by atoms with E-state index in [1.54, 1.807) is 11.3 Å². The number of aromatic nitrogens is 1. The van der Waals surface area contributed by atoms with Gasteiger partial charge in [0.2, 0.25) is 0 Å². The molecule has 5 rings (SSSR count). The lowest BCUT2D eigenvalue weighted by atomic mass is 9.96. The summed E-state index contributed by atoms with van der Waals surface area (Å²) in [7, 11) is 0. The Morgan fingerprint density at radius 1 is 0.885 bits per heavy atom. The van der Waals surface area contributed by atoms with Crippen LogP contribution in [0.5, 0.6) is 0 Å². The lowest BCUT2D eigenvalue weighted by molar-refractivity contribution is 0.698. The Balaban J connectivity index is 1.65. The third kappa shape index (κ3) is 2.89. The van der Waals surface area contributed by atoms with Crippen LogP contribution < -0.4 is 0 Å². The van der Waals surface area contributed by atoms with Crippen LogP contribution in [0.1, 0.15) is 28.8 Å². The number of aryl methyl sites for hydroxylation is 1. The molecule has 128 valence electrons. The van der Waals surface area contributed by atoms with E-state index in [0.717, 1.165) is 27.5 Å². The van der Waals surface area contributed by atoms with Crippen LogP contribution in [0, 0.1) is 0 Å². The maximum absolute atomic E-state index is 4.93. The molecule has 2 aromatic carbocycles. The maximum Gasteiger partial charge on any atom is 0.127 e. The van der Waals surface area contributed by atoms with E-state index in [-0.39, 0.29) is 0 Å². The lowest BCUT2D eigenvalue weighted by Gasteiger charge is -2.11. The summed E-state index contributed by atoms with van der Waals surface area (Å²) in [5.74, 6) is 0. The van der Waals surface area contributed by atoms with Crippen LogP contribution in [0.2, 0.25) is 0 Å². The van der Waals surface area contributed by atoms with E-state index in [1.165, 1.54) is 40.0 Å². The van der Waals surface area contributed by atoms with Gasteiger partial charge in [-0.2, -0.15) is 0 Å². The van der Waals surface area contributed by atoms with E-state index < -0.39 is 0 Å². The van der Waals surface area contributed by atoms with Gasteiger partial charge in [0, 0.05) is 11.1 Å². The number of fused-ring (bicyclic) bond motifs is 2. The van der Waals surface area contributed by atoms with Gasteiger partial charge in [0.1, 0.15) is 10.0 Å². The van der Waals surface area contributed by atoms with Crippen molar-refractivity contribution in [1.82, 2.24) is 4.98 Å². The highest BCUT2D eigenvalue weighted by Gasteiger charge is 2.23. The molecule has 4 heteroatoms. The van der Waals surface area contributed by atoms with E-state index in [2.05, 4.69) is 48.5 Å². The second-order valence-electron chi connectivity index (χ2n) is 6.55. The number of thiazole rings is 1. The van der Waals surface area contributed by atoms with Crippen LogP contribution in [0.3, 0.4) is 0 Å². The molecule has 26 heavy (non-hydrogen) atoms. The number of hydrogen-bond donors (Lipinski definition) is 0. The third-order valence-corrected chi connectivity index (χ3v) is 7.04. The van der Waals surface area contributed by atoms with Crippen molar-refractivity contribution < 1.29 is 0 Å². The molecule has 0 unspecified atom stereocenters. The number of hydrogen-bond acceptors (Lipinski definition) is 4. The summed E-state index contributed by atoms with van der Waals surface area (Å²) >= 11 is 3.64. The molecule has 0 aliphatic heterocycles. The van der Waals surface area contributed by atoms with Gasteiger partial charge in [-0.05, 0) is 48.9 Å². The largest absolute Gasteiger partial charge is 0.245 e. The fraction of sp³-hybridized carbons (Fsp3) is 0.182. The Bertz CT molecular complexity index is 1060. The molecule has 1 aliphatic rings. The summed E-state index contributed by atoms with van der Waals surface area (Å²) < 4.78 is 1.25. The average Bonchev–Trinajstić information content (AvgIpc) is 3.27. The van der Waals surface area contributed by atoms with E-state index >= 15 is 0 Å². The Morgan fingerprint density at radius 3 is 2.58 bits per heavy atom.